The molecule has 1 atom stereocenters. The summed E-state index contributed by atoms with van der Waals surface area (Å²) in [5, 5.41) is 6.42. The van der Waals surface area contributed by atoms with E-state index in [1.54, 1.807) is 0 Å². The van der Waals surface area contributed by atoms with Crippen LogP contribution in [-0.4, -0.2) is 56.4 Å². The quantitative estimate of drug-likeness (QED) is 0.781. The Bertz CT molecular complexity index is 261. The summed E-state index contributed by atoms with van der Waals surface area (Å²) in [4.78, 5) is 14.1. The predicted octanol–water partition coefficient (Wildman–Crippen LogP) is 0.806. The number of hydrogen-bond acceptors (Lipinski definition) is 3. The van der Waals surface area contributed by atoms with E-state index in [1.807, 2.05) is 11.8 Å². The average Bonchev–Trinajstić information content (AvgIpc) is 2.90. The van der Waals surface area contributed by atoms with Crippen LogP contribution in [0.1, 0.15) is 26.2 Å². The van der Waals surface area contributed by atoms with Crippen molar-refractivity contribution in [3.05, 3.63) is 0 Å². The van der Waals surface area contributed by atoms with E-state index in [9.17, 15) is 4.79 Å². The van der Waals surface area contributed by atoms with E-state index in [0.29, 0.717) is 12.5 Å². The first-order chi connectivity index (χ1) is 8.79. The topological polar surface area (TPSA) is 53.6 Å². The van der Waals surface area contributed by atoms with Gasteiger partial charge in [0.05, 0.1) is 12.6 Å². The number of ether oxygens (including phenoxy) is 1. The second-order valence-corrected chi connectivity index (χ2v) is 5.24. The number of nitrogens with one attached hydrogen (secondary N) is 2. The molecular weight excluding hydrogens is 230 g/mol. The monoisotopic (exact) mass is 255 g/mol. The third-order valence-electron chi connectivity index (χ3n) is 3.86. The highest BCUT2D eigenvalue weighted by Gasteiger charge is 2.23. The summed E-state index contributed by atoms with van der Waals surface area (Å²) in [6, 6.07) is 0.283. The zero-order chi connectivity index (χ0) is 12.8. The lowest BCUT2D eigenvalue weighted by Crippen LogP contribution is -2.47. The Kier molecular flexibility index (Phi) is 5.26. The molecule has 0 aliphatic carbocycles. The number of nitrogens with zero attached hydrogens (tertiary/aromatic N) is 1. The Hall–Kier alpha value is -0.810. The van der Waals surface area contributed by atoms with E-state index in [0.717, 1.165) is 39.2 Å². The highest BCUT2D eigenvalue weighted by molar-refractivity contribution is 5.74. The molecule has 5 nitrogen and oxygen atoms in total. The molecule has 0 aromatic heterocycles. The van der Waals surface area contributed by atoms with Crippen LogP contribution >= 0.6 is 0 Å². The predicted molar refractivity (Wildman–Crippen MR) is 70.6 cm³/mol. The number of carbonyl (C=O) groups excluding carboxylic acids is 1. The normalized spacial score (nSPS) is 25.1. The number of carbonyl (C=O) groups is 1. The molecule has 0 bridgehead atoms. The number of amides is 2. The first kappa shape index (κ1) is 13.6. The van der Waals surface area contributed by atoms with E-state index in [4.69, 9.17) is 4.74 Å². The Balaban J connectivity index is 1.76. The molecule has 18 heavy (non-hydrogen) atoms. The van der Waals surface area contributed by atoms with Crippen LogP contribution in [0.3, 0.4) is 0 Å². The van der Waals surface area contributed by atoms with Gasteiger partial charge in [-0.25, -0.2) is 4.79 Å². The number of hydrogen-bond donors (Lipinski definition) is 2. The molecule has 2 amide bonds. The SMILES string of the molecule is CCN(CC1CCNCC1)C(=O)NC1CCOC1. The summed E-state index contributed by atoms with van der Waals surface area (Å²) in [7, 11) is 0. The fourth-order valence-corrected chi connectivity index (χ4v) is 2.65. The van der Waals surface area contributed by atoms with Crippen molar-refractivity contribution in [1.29, 1.82) is 0 Å². The standard InChI is InChI=1S/C13H25N3O2/c1-2-16(9-11-3-6-14-7-4-11)13(17)15-12-5-8-18-10-12/h11-12,14H,2-10H2,1H3,(H,15,17). The molecule has 0 saturated carbocycles. The molecule has 2 aliphatic heterocycles. The molecule has 5 heteroatoms. The van der Waals surface area contributed by atoms with Gasteiger partial charge in [0.15, 0.2) is 0 Å². The van der Waals surface area contributed by atoms with Crippen LogP contribution in [0.5, 0.6) is 0 Å². The lowest BCUT2D eigenvalue weighted by atomic mass is 9.97. The van der Waals surface area contributed by atoms with Crippen LogP contribution in [0.4, 0.5) is 4.79 Å². The van der Waals surface area contributed by atoms with E-state index in [1.165, 1.54) is 12.8 Å². The molecule has 0 aromatic carbocycles. The van der Waals surface area contributed by atoms with Crippen molar-refractivity contribution in [1.82, 2.24) is 15.5 Å². The smallest absolute Gasteiger partial charge is 0.317 e. The van der Waals surface area contributed by atoms with Gasteiger partial charge in [0.1, 0.15) is 0 Å². The number of piperidine rings is 1. The molecule has 0 radical (unpaired) electrons. The molecule has 2 N–H and O–H groups in total. The largest absolute Gasteiger partial charge is 0.379 e. The minimum Gasteiger partial charge on any atom is -0.379 e. The van der Waals surface area contributed by atoms with Gasteiger partial charge in [0.25, 0.3) is 0 Å². The Morgan fingerprint density at radius 1 is 1.39 bits per heavy atom. The molecule has 104 valence electrons. The molecule has 2 heterocycles. The summed E-state index contributed by atoms with van der Waals surface area (Å²) < 4.78 is 5.28. The fourth-order valence-electron chi connectivity index (χ4n) is 2.65. The van der Waals surface area contributed by atoms with Gasteiger partial charge >= 0.3 is 6.03 Å². The summed E-state index contributed by atoms with van der Waals surface area (Å²) in [5.74, 6) is 0.650. The summed E-state index contributed by atoms with van der Waals surface area (Å²) >= 11 is 0. The highest BCUT2D eigenvalue weighted by atomic mass is 16.5. The Morgan fingerprint density at radius 3 is 2.78 bits per heavy atom. The van der Waals surface area contributed by atoms with Crippen LogP contribution in [0.15, 0.2) is 0 Å². The van der Waals surface area contributed by atoms with Crippen LogP contribution in [0.2, 0.25) is 0 Å². The molecule has 2 fully saturated rings. The van der Waals surface area contributed by atoms with E-state index < -0.39 is 0 Å². The van der Waals surface area contributed by atoms with Gasteiger partial charge in [-0.1, -0.05) is 0 Å². The third kappa shape index (κ3) is 3.85. The van der Waals surface area contributed by atoms with Crippen molar-refractivity contribution in [3.63, 3.8) is 0 Å². The zero-order valence-corrected chi connectivity index (χ0v) is 11.3. The molecule has 1 unspecified atom stereocenters. The first-order valence-electron chi connectivity index (χ1n) is 7.13. The highest BCUT2D eigenvalue weighted by Crippen LogP contribution is 2.14. The van der Waals surface area contributed by atoms with Crippen molar-refractivity contribution >= 4 is 6.03 Å². The van der Waals surface area contributed by atoms with Crippen molar-refractivity contribution in [2.75, 3.05) is 39.4 Å². The molecule has 2 saturated heterocycles. The Labute approximate surface area is 109 Å². The summed E-state index contributed by atoms with van der Waals surface area (Å²) in [5.41, 5.74) is 0. The Morgan fingerprint density at radius 2 is 2.17 bits per heavy atom. The number of rotatable bonds is 4. The van der Waals surface area contributed by atoms with Gasteiger partial charge < -0.3 is 20.3 Å². The lowest BCUT2D eigenvalue weighted by molar-refractivity contribution is 0.170. The van der Waals surface area contributed by atoms with E-state index in [2.05, 4.69) is 10.6 Å². The van der Waals surface area contributed by atoms with E-state index in [-0.39, 0.29) is 12.1 Å². The average molecular weight is 255 g/mol. The molecule has 0 spiro atoms. The minimum atomic E-state index is 0.0755. The third-order valence-corrected chi connectivity index (χ3v) is 3.86. The second kappa shape index (κ2) is 6.95. The van der Waals surface area contributed by atoms with Gasteiger partial charge in [0.2, 0.25) is 0 Å². The molecule has 2 rings (SSSR count). The molecular formula is C13H25N3O2. The number of urea groups is 1. The minimum absolute atomic E-state index is 0.0755. The van der Waals surface area contributed by atoms with Crippen molar-refractivity contribution in [3.8, 4) is 0 Å². The second-order valence-electron chi connectivity index (χ2n) is 5.24. The maximum Gasteiger partial charge on any atom is 0.317 e. The van der Waals surface area contributed by atoms with Crippen LogP contribution in [-0.2, 0) is 4.74 Å². The van der Waals surface area contributed by atoms with Crippen molar-refractivity contribution in [2.45, 2.75) is 32.2 Å². The lowest BCUT2D eigenvalue weighted by Gasteiger charge is -2.30. The van der Waals surface area contributed by atoms with E-state index >= 15 is 0 Å². The maximum absolute atomic E-state index is 12.1. The first-order valence-corrected chi connectivity index (χ1v) is 7.13. The summed E-state index contributed by atoms with van der Waals surface area (Å²) in [6.45, 7) is 7.31. The van der Waals surface area contributed by atoms with Crippen molar-refractivity contribution < 1.29 is 9.53 Å². The zero-order valence-electron chi connectivity index (χ0n) is 11.3. The van der Waals surface area contributed by atoms with Crippen LogP contribution in [0.25, 0.3) is 0 Å². The van der Waals surface area contributed by atoms with Gasteiger partial charge in [-0.05, 0) is 45.2 Å². The van der Waals surface area contributed by atoms with Crippen LogP contribution < -0.4 is 10.6 Å². The van der Waals surface area contributed by atoms with Gasteiger partial charge in [-0.15, -0.1) is 0 Å². The fraction of sp³-hybridized carbons (Fsp3) is 0.923. The molecule has 0 aromatic rings. The van der Waals surface area contributed by atoms with Gasteiger partial charge in [0, 0.05) is 19.7 Å². The molecule has 2 aliphatic rings. The van der Waals surface area contributed by atoms with Crippen LogP contribution in [0, 0.1) is 5.92 Å². The maximum atomic E-state index is 12.1. The summed E-state index contributed by atoms with van der Waals surface area (Å²) in [6.07, 6.45) is 3.29. The van der Waals surface area contributed by atoms with Crippen molar-refractivity contribution in [2.24, 2.45) is 5.92 Å². The van der Waals surface area contributed by atoms with Gasteiger partial charge in [-0.2, -0.15) is 0 Å². The van der Waals surface area contributed by atoms with Gasteiger partial charge in [-0.3, -0.25) is 0 Å².